The molecule has 2 rings (SSSR count). The second kappa shape index (κ2) is 5.65. The van der Waals surface area contributed by atoms with E-state index in [0.29, 0.717) is 30.6 Å². The Kier molecular flexibility index (Phi) is 3.96. The lowest BCUT2D eigenvalue weighted by molar-refractivity contribution is -0.117. The van der Waals surface area contributed by atoms with Gasteiger partial charge in [-0.3, -0.25) is 4.79 Å². The number of amides is 1. The summed E-state index contributed by atoms with van der Waals surface area (Å²) in [4.78, 5) is 13.0. The van der Waals surface area contributed by atoms with Crippen LogP contribution in [0.5, 0.6) is 0 Å². The summed E-state index contributed by atoms with van der Waals surface area (Å²) in [6.07, 6.45) is 1.63. The van der Waals surface area contributed by atoms with Crippen LogP contribution in [0.4, 0.5) is 10.1 Å². The van der Waals surface area contributed by atoms with Crippen LogP contribution in [-0.4, -0.2) is 24.2 Å². The number of aliphatic hydroxyl groups is 1. The van der Waals surface area contributed by atoms with Gasteiger partial charge in [-0.05, 0) is 24.6 Å². The highest BCUT2D eigenvalue weighted by molar-refractivity contribution is 5.95. The molecule has 18 heavy (non-hydrogen) atoms. The van der Waals surface area contributed by atoms with Crippen LogP contribution in [-0.2, 0) is 4.79 Å². The van der Waals surface area contributed by atoms with E-state index in [2.05, 4.69) is 11.8 Å². The van der Waals surface area contributed by atoms with Gasteiger partial charge in [-0.15, -0.1) is 0 Å². The van der Waals surface area contributed by atoms with Crippen LogP contribution in [0.25, 0.3) is 0 Å². The Labute approximate surface area is 105 Å². The molecule has 0 radical (unpaired) electrons. The first-order valence-electron chi connectivity index (χ1n) is 5.92. The van der Waals surface area contributed by atoms with E-state index >= 15 is 0 Å². The van der Waals surface area contributed by atoms with E-state index in [0.717, 1.165) is 6.42 Å². The zero-order valence-electron chi connectivity index (χ0n) is 9.95. The van der Waals surface area contributed by atoms with Crippen molar-refractivity contribution in [1.82, 2.24) is 0 Å². The number of benzene rings is 1. The number of nitrogens with zero attached hydrogens (tertiary/aromatic N) is 1. The van der Waals surface area contributed by atoms with Crippen molar-refractivity contribution in [3.8, 4) is 11.8 Å². The zero-order chi connectivity index (χ0) is 13.0. The number of hydrogen-bond donors (Lipinski definition) is 1. The fraction of sp³-hybridized carbons (Fsp3) is 0.357. The fourth-order valence-electron chi connectivity index (χ4n) is 1.93. The molecule has 1 fully saturated rings. The van der Waals surface area contributed by atoms with E-state index in [1.165, 1.54) is 11.0 Å². The van der Waals surface area contributed by atoms with Crippen LogP contribution in [0.15, 0.2) is 18.2 Å². The molecule has 1 N–H and O–H groups in total. The SMILES string of the molecule is O=C1CCCN1c1ccc(C#CCCO)cc1F. The van der Waals surface area contributed by atoms with Crippen LogP contribution < -0.4 is 4.90 Å². The minimum Gasteiger partial charge on any atom is -0.395 e. The first kappa shape index (κ1) is 12.6. The number of rotatable bonds is 2. The molecule has 3 nitrogen and oxygen atoms in total. The van der Waals surface area contributed by atoms with Crippen LogP contribution in [0.3, 0.4) is 0 Å². The molecule has 1 aliphatic rings. The molecule has 1 heterocycles. The maximum Gasteiger partial charge on any atom is 0.227 e. The van der Waals surface area contributed by atoms with E-state index in [1.807, 2.05) is 0 Å². The Bertz CT molecular complexity index is 516. The normalized spacial score (nSPS) is 14.6. The molecule has 1 saturated heterocycles. The lowest BCUT2D eigenvalue weighted by atomic mass is 10.2. The molecule has 1 aromatic rings. The second-order valence-corrected chi connectivity index (χ2v) is 4.09. The van der Waals surface area contributed by atoms with Gasteiger partial charge in [0, 0.05) is 24.9 Å². The first-order chi connectivity index (χ1) is 8.72. The van der Waals surface area contributed by atoms with Crippen LogP contribution in [0, 0.1) is 17.7 Å². The summed E-state index contributed by atoms with van der Waals surface area (Å²) in [6.45, 7) is 0.571. The highest BCUT2D eigenvalue weighted by Gasteiger charge is 2.23. The number of carbonyl (C=O) groups is 1. The Morgan fingerprint density at radius 3 is 2.89 bits per heavy atom. The molecule has 0 aliphatic carbocycles. The Morgan fingerprint density at radius 1 is 1.44 bits per heavy atom. The summed E-state index contributed by atoms with van der Waals surface area (Å²) in [5, 5.41) is 8.59. The minimum atomic E-state index is -0.430. The fourth-order valence-corrected chi connectivity index (χ4v) is 1.93. The third-order valence-corrected chi connectivity index (χ3v) is 2.78. The lowest BCUT2D eigenvalue weighted by Crippen LogP contribution is -2.24. The topological polar surface area (TPSA) is 40.5 Å². The average molecular weight is 247 g/mol. The maximum atomic E-state index is 13.9. The highest BCUT2D eigenvalue weighted by Crippen LogP contribution is 2.24. The molecule has 0 saturated carbocycles. The summed E-state index contributed by atoms with van der Waals surface area (Å²) in [6, 6.07) is 4.60. The van der Waals surface area contributed by atoms with Gasteiger partial charge in [-0.2, -0.15) is 0 Å². The van der Waals surface area contributed by atoms with Gasteiger partial charge < -0.3 is 10.0 Å². The van der Waals surface area contributed by atoms with Crippen LogP contribution in [0.2, 0.25) is 0 Å². The van der Waals surface area contributed by atoms with Gasteiger partial charge in [0.2, 0.25) is 5.91 Å². The van der Waals surface area contributed by atoms with Crippen molar-refractivity contribution in [2.75, 3.05) is 18.1 Å². The van der Waals surface area contributed by atoms with Crippen molar-refractivity contribution >= 4 is 11.6 Å². The molecule has 4 heteroatoms. The summed E-state index contributed by atoms with van der Waals surface area (Å²) >= 11 is 0. The summed E-state index contributed by atoms with van der Waals surface area (Å²) in [7, 11) is 0. The van der Waals surface area contributed by atoms with E-state index in [4.69, 9.17) is 5.11 Å². The van der Waals surface area contributed by atoms with Gasteiger partial charge >= 0.3 is 0 Å². The van der Waals surface area contributed by atoms with Crippen molar-refractivity contribution in [3.05, 3.63) is 29.6 Å². The van der Waals surface area contributed by atoms with Crippen molar-refractivity contribution in [2.24, 2.45) is 0 Å². The second-order valence-electron chi connectivity index (χ2n) is 4.09. The monoisotopic (exact) mass is 247 g/mol. The predicted molar refractivity (Wildman–Crippen MR) is 66.6 cm³/mol. The molecule has 0 atom stereocenters. The van der Waals surface area contributed by atoms with Crippen LogP contribution >= 0.6 is 0 Å². The van der Waals surface area contributed by atoms with Crippen LogP contribution in [0.1, 0.15) is 24.8 Å². The lowest BCUT2D eigenvalue weighted by Gasteiger charge is -2.16. The quantitative estimate of drug-likeness (QED) is 0.808. The molecule has 0 bridgehead atoms. The standard InChI is InChI=1S/C14H14FNO2/c15-12-10-11(4-1-2-9-17)6-7-13(12)16-8-3-5-14(16)18/h6-7,10,17H,2-3,5,8-9H2. The van der Waals surface area contributed by atoms with E-state index in [1.54, 1.807) is 12.1 Å². The van der Waals surface area contributed by atoms with Gasteiger partial charge in [0.1, 0.15) is 5.82 Å². The zero-order valence-corrected chi connectivity index (χ0v) is 9.95. The van der Waals surface area contributed by atoms with Gasteiger partial charge in [0.25, 0.3) is 0 Å². The molecule has 0 aromatic heterocycles. The Balaban J connectivity index is 2.20. The third kappa shape index (κ3) is 2.69. The molecule has 0 unspecified atom stereocenters. The minimum absolute atomic E-state index is 0.00412. The Morgan fingerprint density at radius 2 is 2.28 bits per heavy atom. The predicted octanol–water partition coefficient (Wildman–Crippen LogP) is 1.69. The van der Waals surface area contributed by atoms with Gasteiger partial charge in [-0.25, -0.2) is 4.39 Å². The Hall–Kier alpha value is -1.86. The molecule has 1 aromatic carbocycles. The summed E-state index contributed by atoms with van der Waals surface area (Å²) in [5.74, 6) is 5.03. The highest BCUT2D eigenvalue weighted by atomic mass is 19.1. The van der Waals surface area contributed by atoms with Gasteiger partial charge in [-0.1, -0.05) is 11.8 Å². The number of anilines is 1. The number of aliphatic hydroxyl groups excluding tert-OH is 1. The summed E-state index contributed by atoms with van der Waals surface area (Å²) < 4.78 is 13.9. The molecular formula is C14H14FNO2. The van der Waals surface area contributed by atoms with Crippen molar-refractivity contribution in [1.29, 1.82) is 0 Å². The van der Waals surface area contributed by atoms with E-state index in [-0.39, 0.29) is 12.5 Å². The van der Waals surface area contributed by atoms with Crippen molar-refractivity contribution in [3.63, 3.8) is 0 Å². The van der Waals surface area contributed by atoms with E-state index < -0.39 is 5.82 Å². The number of halogens is 1. The van der Waals surface area contributed by atoms with Gasteiger partial charge in [0.05, 0.1) is 12.3 Å². The summed E-state index contributed by atoms with van der Waals surface area (Å²) in [5.41, 5.74) is 0.876. The third-order valence-electron chi connectivity index (χ3n) is 2.78. The van der Waals surface area contributed by atoms with Crippen molar-refractivity contribution < 1.29 is 14.3 Å². The number of hydrogen-bond acceptors (Lipinski definition) is 2. The molecular weight excluding hydrogens is 233 g/mol. The smallest absolute Gasteiger partial charge is 0.227 e. The van der Waals surface area contributed by atoms with E-state index in [9.17, 15) is 9.18 Å². The maximum absolute atomic E-state index is 13.9. The van der Waals surface area contributed by atoms with Gasteiger partial charge in [0.15, 0.2) is 0 Å². The first-order valence-corrected chi connectivity index (χ1v) is 5.92. The average Bonchev–Trinajstić information content (AvgIpc) is 2.76. The molecule has 94 valence electrons. The largest absolute Gasteiger partial charge is 0.395 e. The molecule has 1 aliphatic heterocycles. The molecule has 0 spiro atoms. The number of carbonyl (C=O) groups excluding carboxylic acids is 1. The van der Waals surface area contributed by atoms with Crippen molar-refractivity contribution in [2.45, 2.75) is 19.3 Å². The molecule has 1 amide bonds.